The van der Waals surface area contributed by atoms with Crippen LogP contribution in [0.3, 0.4) is 0 Å². The quantitative estimate of drug-likeness (QED) is 0.598. The van der Waals surface area contributed by atoms with E-state index in [2.05, 4.69) is 0 Å². The monoisotopic (exact) mass is 296 g/mol. The van der Waals surface area contributed by atoms with Gasteiger partial charge in [-0.1, -0.05) is 30.3 Å². The maximum atomic E-state index is 13.8. The molecule has 0 aliphatic heterocycles. The fraction of sp³-hybridized carbons (Fsp3) is 0.188. The lowest BCUT2D eigenvalue weighted by atomic mass is 9.99. The summed E-state index contributed by atoms with van der Waals surface area (Å²) in [6.07, 6.45) is -4.74. The van der Waals surface area contributed by atoms with Gasteiger partial charge in [-0.15, -0.1) is 0 Å². The first-order chi connectivity index (χ1) is 9.79. The minimum atomic E-state index is -4.46. The summed E-state index contributed by atoms with van der Waals surface area (Å²) in [5.74, 6) is -1.18. The summed E-state index contributed by atoms with van der Waals surface area (Å²) >= 11 is 0. The van der Waals surface area contributed by atoms with E-state index in [0.717, 1.165) is 12.1 Å². The van der Waals surface area contributed by atoms with Gasteiger partial charge >= 0.3 is 6.18 Å². The average Bonchev–Trinajstić information content (AvgIpc) is 2.41. The first-order valence-corrected chi connectivity index (χ1v) is 6.23. The number of aryl methyl sites for hydroxylation is 1. The van der Waals surface area contributed by atoms with E-state index in [0.29, 0.717) is 5.56 Å². The first-order valence-electron chi connectivity index (χ1n) is 6.23. The normalized spacial score (nSPS) is 11.5. The van der Waals surface area contributed by atoms with Crippen molar-refractivity contribution < 1.29 is 22.4 Å². The third-order valence-corrected chi connectivity index (χ3v) is 3.11. The number of ketones is 1. The van der Waals surface area contributed by atoms with E-state index in [4.69, 9.17) is 0 Å². The predicted molar refractivity (Wildman–Crippen MR) is 70.6 cm³/mol. The Bertz CT molecular complexity index is 674. The van der Waals surface area contributed by atoms with Gasteiger partial charge in [-0.3, -0.25) is 4.79 Å². The number of hydrogen-bond acceptors (Lipinski definition) is 1. The number of alkyl halides is 3. The molecule has 2 aromatic rings. The molecular formula is C16H12F4O. The maximum absolute atomic E-state index is 13.8. The second kappa shape index (κ2) is 5.68. The molecule has 0 aliphatic rings. The van der Waals surface area contributed by atoms with Crippen LogP contribution in [0.15, 0.2) is 42.5 Å². The van der Waals surface area contributed by atoms with Gasteiger partial charge in [0.25, 0.3) is 0 Å². The van der Waals surface area contributed by atoms with Gasteiger partial charge in [0, 0.05) is 6.42 Å². The molecule has 2 aromatic carbocycles. The Morgan fingerprint density at radius 1 is 1.10 bits per heavy atom. The van der Waals surface area contributed by atoms with Crippen LogP contribution in [0.25, 0.3) is 0 Å². The van der Waals surface area contributed by atoms with Crippen molar-refractivity contribution in [3.63, 3.8) is 0 Å². The smallest absolute Gasteiger partial charge is 0.294 e. The Morgan fingerprint density at radius 2 is 1.76 bits per heavy atom. The molecule has 0 saturated heterocycles. The molecule has 0 saturated carbocycles. The molecule has 0 bridgehead atoms. The lowest BCUT2D eigenvalue weighted by molar-refractivity contribution is -0.137. The number of rotatable bonds is 3. The van der Waals surface area contributed by atoms with Gasteiger partial charge in [0.05, 0.1) is 11.1 Å². The van der Waals surface area contributed by atoms with Crippen LogP contribution in [0.5, 0.6) is 0 Å². The standard InChI is InChI=1S/C16H12F4O/c1-10-4-2-7-13(15(10)17)14(21)9-11-5-3-6-12(8-11)16(18,19)20/h2-8H,9H2,1H3. The van der Waals surface area contributed by atoms with Gasteiger partial charge in [-0.05, 0) is 30.2 Å². The van der Waals surface area contributed by atoms with E-state index in [1.807, 2.05) is 0 Å². The molecule has 0 unspecified atom stereocenters. The second-order valence-corrected chi connectivity index (χ2v) is 4.73. The van der Waals surface area contributed by atoms with Crippen LogP contribution in [-0.4, -0.2) is 5.78 Å². The van der Waals surface area contributed by atoms with Crippen LogP contribution in [0, 0.1) is 12.7 Å². The lowest BCUT2D eigenvalue weighted by Crippen LogP contribution is -2.09. The number of carbonyl (C=O) groups is 1. The molecule has 5 heteroatoms. The molecule has 0 aliphatic carbocycles. The fourth-order valence-corrected chi connectivity index (χ4v) is 2.00. The van der Waals surface area contributed by atoms with Crippen molar-refractivity contribution in [2.24, 2.45) is 0 Å². The zero-order chi connectivity index (χ0) is 15.6. The highest BCUT2D eigenvalue weighted by molar-refractivity contribution is 5.97. The van der Waals surface area contributed by atoms with Gasteiger partial charge < -0.3 is 0 Å². The van der Waals surface area contributed by atoms with Gasteiger partial charge in [0.2, 0.25) is 0 Å². The van der Waals surface area contributed by atoms with Crippen LogP contribution in [0.2, 0.25) is 0 Å². The van der Waals surface area contributed by atoms with Crippen molar-refractivity contribution in [2.75, 3.05) is 0 Å². The summed E-state index contributed by atoms with van der Waals surface area (Å²) in [7, 11) is 0. The Hall–Kier alpha value is -2.17. The SMILES string of the molecule is Cc1cccc(C(=O)Cc2cccc(C(F)(F)F)c2)c1F. The van der Waals surface area contributed by atoms with Crippen molar-refractivity contribution in [3.8, 4) is 0 Å². The molecule has 0 spiro atoms. The second-order valence-electron chi connectivity index (χ2n) is 4.73. The molecule has 0 radical (unpaired) electrons. The van der Waals surface area contributed by atoms with Crippen molar-refractivity contribution in [1.82, 2.24) is 0 Å². The molecule has 2 rings (SSSR count). The van der Waals surface area contributed by atoms with E-state index < -0.39 is 23.3 Å². The van der Waals surface area contributed by atoms with E-state index in [-0.39, 0.29) is 17.5 Å². The molecule has 1 nitrogen and oxygen atoms in total. The molecule has 21 heavy (non-hydrogen) atoms. The predicted octanol–water partition coefficient (Wildman–Crippen LogP) is 4.58. The van der Waals surface area contributed by atoms with Crippen LogP contribution in [0.1, 0.15) is 27.0 Å². The first kappa shape index (κ1) is 15.2. The Morgan fingerprint density at radius 3 is 2.43 bits per heavy atom. The summed E-state index contributed by atoms with van der Waals surface area (Å²) in [4.78, 5) is 12.0. The zero-order valence-electron chi connectivity index (χ0n) is 11.2. The maximum Gasteiger partial charge on any atom is 0.416 e. The minimum Gasteiger partial charge on any atom is -0.294 e. The summed E-state index contributed by atoms with van der Waals surface area (Å²) in [6, 6.07) is 8.89. The van der Waals surface area contributed by atoms with Crippen LogP contribution >= 0.6 is 0 Å². The number of benzene rings is 2. The van der Waals surface area contributed by atoms with Gasteiger partial charge in [0.1, 0.15) is 5.82 Å². The lowest BCUT2D eigenvalue weighted by Gasteiger charge is -2.09. The highest BCUT2D eigenvalue weighted by atomic mass is 19.4. The topological polar surface area (TPSA) is 17.1 Å². The summed E-state index contributed by atoms with van der Waals surface area (Å²) < 4.78 is 51.6. The Kier molecular flexibility index (Phi) is 4.11. The molecular weight excluding hydrogens is 284 g/mol. The summed E-state index contributed by atoms with van der Waals surface area (Å²) in [6.45, 7) is 1.52. The Labute approximate surface area is 119 Å². The van der Waals surface area contributed by atoms with E-state index in [1.165, 1.54) is 37.3 Å². The van der Waals surface area contributed by atoms with E-state index >= 15 is 0 Å². The molecule has 0 atom stereocenters. The zero-order valence-corrected chi connectivity index (χ0v) is 11.2. The minimum absolute atomic E-state index is 0.104. The number of hydrogen-bond donors (Lipinski definition) is 0. The number of Topliss-reactive ketones (excluding diaryl/α,β-unsaturated/α-hetero) is 1. The van der Waals surface area contributed by atoms with E-state index in [1.54, 1.807) is 0 Å². The van der Waals surface area contributed by atoms with Gasteiger partial charge in [-0.2, -0.15) is 13.2 Å². The Balaban J connectivity index is 2.26. The van der Waals surface area contributed by atoms with Crippen LogP contribution in [0.4, 0.5) is 17.6 Å². The van der Waals surface area contributed by atoms with Crippen molar-refractivity contribution in [3.05, 3.63) is 70.5 Å². The summed E-state index contributed by atoms with van der Waals surface area (Å²) in [5, 5.41) is 0. The number of carbonyl (C=O) groups excluding carboxylic acids is 1. The largest absolute Gasteiger partial charge is 0.416 e. The molecule has 0 heterocycles. The summed E-state index contributed by atoms with van der Waals surface area (Å²) in [5.41, 5.74) is -0.398. The molecule has 0 aromatic heterocycles. The van der Waals surface area contributed by atoms with Gasteiger partial charge in [0.15, 0.2) is 5.78 Å². The third kappa shape index (κ3) is 3.48. The van der Waals surface area contributed by atoms with Crippen molar-refractivity contribution in [2.45, 2.75) is 19.5 Å². The number of halogens is 4. The molecule has 110 valence electrons. The fourth-order valence-electron chi connectivity index (χ4n) is 2.00. The van der Waals surface area contributed by atoms with Crippen molar-refractivity contribution in [1.29, 1.82) is 0 Å². The average molecular weight is 296 g/mol. The van der Waals surface area contributed by atoms with Crippen LogP contribution in [-0.2, 0) is 12.6 Å². The molecule has 0 amide bonds. The molecule has 0 N–H and O–H groups in total. The van der Waals surface area contributed by atoms with Gasteiger partial charge in [-0.25, -0.2) is 4.39 Å². The van der Waals surface area contributed by atoms with Crippen molar-refractivity contribution >= 4 is 5.78 Å². The van der Waals surface area contributed by atoms with Crippen LogP contribution < -0.4 is 0 Å². The highest BCUT2D eigenvalue weighted by Crippen LogP contribution is 2.29. The third-order valence-electron chi connectivity index (χ3n) is 3.11. The molecule has 0 fully saturated rings. The highest BCUT2D eigenvalue weighted by Gasteiger charge is 2.30. The van der Waals surface area contributed by atoms with E-state index in [9.17, 15) is 22.4 Å².